The number of primary amides is 1. The van der Waals surface area contributed by atoms with Crippen LogP contribution in [-0.2, 0) is 9.59 Å². The zero-order chi connectivity index (χ0) is 14.7. The van der Waals surface area contributed by atoms with Gasteiger partial charge in [0.05, 0.1) is 5.92 Å². The van der Waals surface area contributed by atoms with Crippen molar-refractivity contribution >= 4 is 23.6 Å². The predicted octanol–water partition coefficient (Wildman–Crippen LogP) is 1.24. The van der Waals surface area contributed by atoms with E-state index in [9.17, 15) is 14.0 Å². The number of carboxylic acid groups (broad SMARTS) is 1. The van der Waals surface area contributed by atoms with Gasteiger partial charge in [-0.3, -0.25) is 4.79 Å². The maximum atomic E-state index is 13.6. The van der Waals surface area contributed by atoms with Crippen molar-refractivity contribution in [2.75, 3.05) is 18.0 Å². The van der Waals surface area contributed by atoms with Gasteiger partial charge < -0.3 is 15.7 Å². The van der Waals surface area contributed by atoms with Gasteiger partial charge in [0.1, 0.15) is 5.82 Å². The summed E-state index contributed by atoms with van der Waals surface area (Å²) in [5.74, 6) is -2.12. The lowest BCUT2D eigenvalue weighted by Gasteiger charge is -2.18. The number of anilines is 1. The molecule has 1 aliphatic rings. The van der Waals surface area contributed by atoms with Crippen LogP contribution in [0.4, 0.5) is 10.1 Å². The molecule has 0 saturated carbocycles. The quantitative estimate of drug-likeness (QED) is 0.811. The van der Waals surface area contributed by atoms with Crippen LogP contribution in [0.25, 0.3) is 6.08 Å². The molecule has 0 spiro atoms. The number of hydrogen-bond donors (Lipinski definition) is 2. The number of hydrogen-bond acceptors (Lipinski definition) is 3. The average molecular weight is 278 g/mol. The second-order valence-corrected chi connectivity index (χ2v) is 4.75. The third kappa shape index (κ3) is 3.34. The van der Waals surface area contributed by atoms with E-state index in [4.69, 9.17) is 10.8 Å². The summed E-state index contributed by atoms with van der Waals surface area (Å²) in [5, 5.41) is 8.58. The number of nitrogens with zero attached hydrogens (tertiary/aromatic N) is 1. The van der Waals surface area contributed by atoms with Crippen molar-refractivity contribution in [1.29, 1.82) is 0 Å². The molecule has 1 aromatic carbocycles. The average Bonchev–Trinajstić information content (AvgIpc) is 2.85. The first-order valence-electron chi connectivity index (χ1n) is 6.21. The van der Waals surface area contributed by atoms with Crippen molar-refractivity contribution in [3.05, 3.63) is 35.7 Å². The standard InChI is InChI=1S/C14H15FN2O3/c15-11-5-9(1-2-13(18)19)6-12(7-11)17-4-3-10(8-17)14(16)20/h1-2,5-7,10H,3-4,8H2,(H2,16,20)(H,18,19)/b2-1+. The van der Waals surface area contributed by atoms with Crippen molar-refractivity contribution in [2.24, 2.45) is 11.7 Å². The number of carbonyl (C=O) groups is 2. The third-order valence-corrected chi connectivity index (χ3v) is 3.28. The third-order valence-electron chi connectivity index (χ3n) is 3.28. The van der Waals surface area contributed by atoms with Crippen LogP contribution in [0.5, 0.6) is 0 Å². The van der Waals surface area contributed by atoms with Crippen molar-refractivity contribution in [1.82, 2.24) is 0 Å². The van der Waals surface area contributed by atoms with Gasteiger partial charge in [-0.1, -0.05) is 0 Å². The van der Waals surface area contributed by atoms with Crippen LogP contribution in [0.3, 0.4) is 0 Å². The molecule has 1 aromatic rings. The molecule has 1 amide bonds. The Labute approximate surface area is 115 Å². The Kier molecular flexibility index (Phi) is 4.02. The maximum absolute atomic E-state index is 13.6. The Balaban J connectivity index is 2.20. The first kappa shape index (κ1) is 14.0. The van der Waals surface area contributed by atoms with Gasteiger partial charge in [-0.15, -0.1) is 0 Å². The van der Waals surface area contributed by atoms with Crippen molar-refractivity contribution in [3.8, 4) is 0 Å². The van der Waals surface area contributed by atoms with Gasteiger partial charge in [0.15, 0.2) is 0 Å². The molecular weight excluding hydrogens is 263 g/mol. The summed E-state index contributed by atoms with van der Waals surface area (Å²) >= 11 is 0. The largest absolute Gasteiger partial charge is 0.478 e. The maximum Gasteiger partial charge on any atom is 0.328 e. The van der Waals surface area contributed by atoms with E-state index in [0.717, 1.165) is 6.08 Å². The number of benzene rings is 1. The fourth-order valence-electron chi connectivity index (χ4n) is 2.27. The summed E-state index contributed by atoms with van der Waals surface area (Å²) in [6, 6.07) is 4.30. The molecule has 3 N–H and O–H groups in total. The van der Waals surface area contributed by atoms with Gasteiger partial charge in [0, 0.05) is 24.9 Å². The van der Waals surface area contributed by atoms with Crippen LogP contribution in [0.15, 0.2) is 24.3 Å². The van der Waals surface area contributed by atoms with Crippen LogP contribution in [0.1, 0.15) is 12.0 Å². The van der Waals surface area contributed by atoms with Gasteiger partial charge >= 0.3 is 5.97 Å². The van der Waals surface area contributed by atoms with E-state index in [0.29, 0.717) is 30.8 Å². The van der Waals surface area contributed by atoms with Crippen molar-refractivity contribution < 1.29 is 19.1 Å². The van der Waals surface area contributed by atoms with Gasteiger partial charge in [-0.25, -0.2) is 9.18 Å². The Morgan fingerprint density at radius 1 is 1.40 bits per heavy atom. The predicted molar refractivity (Wildman–Crippen MR) is 72.6 cm³/mol. The van der Waals surface area contributed by atoms with Crippen LogP contribution in [-0.4, -0.2) is 30.1 Å². The van der Waals surface area contributed by atoms with E-state index in [-0.39, 0.29) is 11.8 Å². The van der Waals surface area contributed by atoms with Gasteiger partial charge in [0.2, 0.25) is 5.91 Å². The molecule has 0 aliphatic carbocycles. The number of aliphatic carboxylic acids is 1. The Morgan fingerprint density at radius 3 is 2.75 bits per heavy atom. The summed E-state index contributed by atoms with van der Waals surface area (Å²) in [6.07, 6.45) is 2.93. The van der Waals surface area contributed by atoms with E-state index >= 15 is 0 Å². The normalized spacial score (nSPS) is 18.6. The van der Waals surface area contributed by atoms with E-state index in [1.165, 1.54) is 18.2 Å². The van der Waals surface area contributed by atoms with Crippen molar-refractivity contribution in [2.45, 2.75) is 6.42 Å². The van der Waals surface area contributed by atoms with Crippen LogP contribution in [0, 0.1) is 11.7 Å². The number of carboxylic acids is 1. The van der Waals surface area contributed by atoms with E-state index in [1.54, 1.807) is 6.07 Å². The molecule has 1 unspecified atom stereocenters. The second-order valence-electron chi connectivity index (χ2n) is 4.75. The van der Waals surface area contributed by atoms with E-state index in [2.05, 4.69) is 0 Å². The lowest BCUT2D eigenvalue weighted by Crippen LogP contribution is -2.27. The minimum atomic E-state index is -1.09. The molecule has 1 fully saturated rings. The highest BCUT2D eigenvalue weighted by Gasteiger charge is 2.26. The van der Waals surface area contributed by atoms with E-state index in [1.807, 2.05) is 4.90 Å². The van der Waals surface area contributed by atoms with Crippen LogP contribution < -0.4 is 10.6 Å². The molecule has 2 rings (SSSR count). The topological polar surface area (TPSA) is 83.6 Å². The summed E-state index contributed by atoms with van der Waals surface area (Å²) in [6.45, 7) is 1.08. The Morgan fingerprint density at radius 2 is 2.15 bits per heavy atom. The zero-order valence-corrected chi connectivity index (χ0v) is 10.8. The summed E-state index contributed by atoms with van der Waals surface area (Å²) in [5.41, 5.74) is 6.35. The number of nitrogens with two attached hydrogens (primary N) is 1. The van der Waals surface area contributed by atoms with Crippen molar-refractivity contribution in [3.63, 3.8) is 0 Å². The Hall–Kier alpha value is -2.37. The molecule has 0 bridgehead atoms. The fourth-order valence-corrected chi connectivity index (χ4v) is 2.27. The van der Waals surface area contributed by atoms with Gasteiger partial charge in [-0.2, -0.15) is 0 Å². The highest BCUT2D eigenvalue weighted by molar-refractivity contribution is 5.85. The number of halogens is 1. The minimum Gasteiger partial charge on any atom is -0.478 e. The number of amides is 1. The SMILES string of the molecule is NC(=O)C1CCN(c2cc(F)cc(/C=C/C(=O)O)c2)C1. The molecule has 6 heteroatoms. The summed E-state index contributed by atoms with van der Waals surface area (Å²) in [4.78, 5) is 23.5. The lowest BCUT2D eigenvalue weighted by molar-refractivity contribution is -0.131. The molecule has 1 heterocycles. The molecule has 1 aliphatic heterocycles. The fraction of sp³-hybridized carbons (Fsp3) is 0.286. The number of rotatable bonds is 4. The van der Waals surface area contributed by atoms with E-state index < -0.39 is 11.8 Å². The van der Waals surface area contributed by atoms with Crippen LogP contribution >= 0.6 is 0 Å². The van der Waals surface area contributed by atoms with Crippen LogP contribution in [0.2, 0.25) is 0 Å². The summed E-state index contributed by atoms with van der Waals surface area (Å²) < 4.78 is 13.6. The molecule has 5 nitrogen and oxygen atoms in total. The first-order chi connectivity index (χ1) is 9.45. The molecule has 20 heavy (non-hydrogen) atoms. The molecule has 1 atom stereocenters. The molecular formula is C14H15FN2O3. The smallest absolute Gasteiger partial charge is 0.328 e. The van der Waals surface area contributed by atoms with Gasteiger partial charge in [-0.05, 0) is 36.3 Å². The summed E-state index contributed by atoms with van der Waals surface area (Å²) in [7, 11) is 0. The molecule has 106 valence electrons. The van der Waals surface area contributed by atoms with Gasteiger partial charge in [0.25, 0.3) is 0 Å². The minimum absolute atomic E-state index is 0.226. The number of carbonyl (C=O) groups excluding carboxylic acids is 1. The highest BCUT2D eigenvalue weighted by atomic mass is 19.1. The highest BCUT2D eigenvalue weighted by Crippen LogP contribution is 2.26. The molecule has 1 saturated heterocycles. The first-order valence-corrected chi connectivity index (χ1v) is 6.21. The molecule has 0 radical (unpaired) electrons. The monoisotopic (exact) mass is 278 g/mol. The Bertz CT molecular complexity index is 572. The molecule has 0 aromatic heterocycles. The lowest BCUT2D eigenvalue weighted by atomic mass is 10.1. The second kappa shape index (κ2) is 5.73. The zero-order valence-electron chi connectivity index (χ0n) is 10.8.